The molecular formula is C30H43N5O2S. The maximum atomic E-state index is 13.1. The monoisotopic (exact) mass is 537 g/mol. The second-order valence-corrected chi connectivity index (χ2v) is 12.5. The Morgan fingerprint density at radius 1 is 1.05 bits per heavy atom. The Morgan fingerprint density at radius 3 is 2.63 bits per heavy atom. The number of thiazole rings is 1. The van der Waals surface area contributed by atoms with Crippen LogP contribution in [0.3, 0.4) is 0 Å². The van der Waals surface area contributed by atoms with E-state index in [1.54, 1.807) is 0 Å². The third-order valence-electron chi connectivity index (χ3n) is 8.91. The van der Waals surface area contributed by atoms with Crippen molar-refractivity contribution in [2.45, 2.75) is 70.3 Å². The summed E-state index contributed by atoms with van der Waals surface area (Å²) < 4.78 is 5.94. The molecule has 206 valence electrons. The van der Waals surface area contributed by atoms with Crippen molar-refractivity contribution < 1.29 is 9.53 Å². The van der Waals surface area contributed by atoms with Gasteiger partial charge in [-0.15, -0.1) is 11.3 Å². The molecule has 0 bridgehead atoms. The van der Waals surface area contributed by atoms with Crippen molar-refractivity contribution in [3.05, 3.63) is 29.1 Å². The van der Waals surface area contributed by atoms with Crippen molar-refractivity contribution in [3.63, 3.8) is 0 Å². The van der Waals surface area contributed by atoms with Gasteiger partial charge in [0, 0.05) is 56.3 Å². The fourth-order valence-corrected chi connectivity index (χ4v) is 7.38. The summed E-state index contributed by atoms with van der Waals surface area (Å²) in [5, 5.41) is 5.77. The number of aromatic nitrogens is 1. The minimum Gasteiger partial charge on any atom is -0.493 e. The number of hydrogen-bond donors (Lipinski definition) is 1. The second kappa shape index (κ2) is 11.9. The van der Waals surface area contributed by atoms with Crippen LogP contribution in [-0.2, 0) is 0 Å². The number of likely N-dealkylation sites (tertiary alicyclic amines) is 1. The second-order valence-electron chi connectivity index (χ2n) is 11.7. The lowest BCUT2D eigenvalue weighted by Crippen LogP contribution is -2.52. The van der Waals surface area contributed by atoms with Crippen LogP contribution in [0.1, 0.15) is 69.8 Å². The molecular weight excluding hydrogens is 494 g/mol. The van der Waals surface area contributed by atoms with Crippen molar-refractivity contribution in [2.24, 2.45) is 5.92 Å². The highest BCUT2D eigenvalue weighted by atomic mass is 32.1. The number of hydrogen-bond acceptors (Lipinski definition) is 6. The Kier molecular flexibility index (Phi) is 8.19. The summed E-state index contributed by atoms with van der Waals surface area (Å²) in [6.07, 6.45) is 10.7. The molecule has 7 nitrogen and oxygen atoms in total. The number of amides is 2. The van der Waals surface area contributed by atoms with Gasteiger partial charge >= 0.3 is 6.03 Å². The van der Waals surface area contributed by atoms with Gasteiger partial charge in [-0.2, -0.15) is 0 Å². The van der Waals surface area contributed by atoms with Crippen LogP contribution in [0.15, 0.2) is 23.6 Å². The first kappa shape index (κ1) is 26.1. The number of anilines is 1. The van der Waals surface area contributed by atoms with Crippen LogP contribution in [0.5, 0.6) is 5.75 Å². The highest BCUT2D eigenvalue weighted by Crippen LogP contribution is 2.39. The third kappa shape index (κ3) is 6.18. The average molecular weight is 538 g/mol. The fourth-order valence-electron chi connectivity index (χ4n) is 6.68. The summed E-state index contributed by atoms with van der Waals surface area (Å²) in [4.78, 5) is 25.1. The molecule has 2 aromatic rings. The van der Waals surface area contributed by atoms with Gasteiger partial charge in [0.05, 0.1) is 12.3 Å². The molecule has 1 atom stereocenters. The molecule has 6 rings (SSSR count). The zero-order chi connectivity index (χ0) is 25.9. The maximum Gasteiger partial charge on any atom is 0.323 e. The Hall–Kier alpha value is -2.16. The van der Waals surface area contributed by atoms with E-state index in [-0.39, 0.29) is 6.03 Å². The first-order valence-electron chi connectivity index (χ1n) is 14.9. The van der Waals surface area contributed by atoms with Crippen molar-refractivity contribution in [2.75, 3.05) is 57.7 Å². The predicted molar refractivity (Wildman–Crippen MR) is 154 cm³/mol. The Morgan fingerprint density at radius 2 is 1.87 bits per heavy atom. The molecule has 38 heavy (non-hydrogen) atoms. The van der Waals surface area contributed by atoms with E-state index in [9.17, 15) is 4.79 Å². The average Bonchev–Trinajstić information content (AvgIpc) is 3.44. The maximum absolute atomic E-state index is 13.1. The lowest BCUT2D eigenvalue weighted by molar-refractivity contribution is 0.0982. The van der Waals surface area contributed by atoms with Crippen LogP contribution in [0.25, 0.3) is 11.3 Å². The van der Waals surface area contributed by atoms with E-state index in [0.29, 0.717) is 17.7 Å². The van der Waals surface area contributed by atoms with Crippen LogP contribution in [0.4, 0.5) is 9.93 Å². The summed E-state index contributed by atoms with van der Waals surface area (Å²) >= 11 is 1.49. The molecule has 2 aliphatic carbocycles. The zero-order valence-electron chi connectivity index (χ0n) is 22.9. The Balaban J connectivity index is 1.03. The normalized spacial score (nSPS) is 23.6. The number of urea groups is 1. The Bertz CT molecular complexity index is 1090. The molecule has 4 fully saturated rings. The smallest absolute Gasteiger partial charge is 0.323 e. The summed E-state index contributed by atoms with van der Waals surface area (Å²) in [6.45, 7) is 9.86. The minimum absolute atomic E-state index is 0.0344. The van der Waals surface area contributed by atoms with Gasteiger partial charge in [-0.3, -0.25) is 10.2 Å². The van der Waals surface area contributed by atoms with Gasteiger partial charge in [0.25, 0.3) is 0 Å². The van der Waals surface area contributed by atoms with Gasteiger partial charge in [0.2, 0.25) is 0 Å². The summed E-state index contributed by atoms with van der Waals surface area (Å²) in [5.74, 6) is 2.29. The summed E-state index contributed by atoms with van der Waals surface area (Å²) in [7, 11) is 0. The van der Waals surface area contributed by atoms with E-state index >= 15 is 0 Å². The van der Waals surface area contributed by atoms with E-state index in [1.165, 1.54) is 87.9 Å². The summed E-state index contributed by atoms with van der Waals surface area (Å²) in [6, 6.07) is 7.42. The van der Waals surface area contributed by atoms with E-state index < -0.39 is 0 Å². The molecule has 2 amide bonds. The highest BCUT2D eigenvalue weighted by molar-refractivity contribution is 7.14. The molecule has 2 saturated carbocycles. The van der Waals surface area contributed by atoms with Crippen molar-refractivity contribution in [3.8, 4) is 17.0 Å². The van der Waals surface area contributed by atoms with E-state index in [1.807, 2.05) is 17.2 Å². The topological polar surface area (TPSA) is 60.9 Å². The number of nitrogens with zero attached hydrogens (tertiary/aromatic N) is 4. The van der Waals surface area contributed by atoms with Gasteiger partial charge in [0.15, 0.2) is 5.13 Å². The minimum atomic E-state index is -0.0344. The number of piperidine rings is 1. The van der Waals surface area contributed by atoms with Crippen LogP contribution >= 0.6 is 11.3 Å². The first-order chi connectivity index (χ1) is 18.7. The molecule has 2 saturated heterocycles. The number of piperazine rings is 1. The van der Waals surface area contributed by atoms with Gasteiger partial charge < -0.3 is 14.5 Å². The van der Waals surface area contributed by atoms with E-state index in [2.05, 4.69) is 33.3 Å². The summed E-state index contributed by atoms with van der Waals surface area (Å²) in [5.41, 5.74) is 3.29. The van der Waals surface area contributed by atoms with Crippen LogP contribution in [-0.4, -0.2) is 84.2 Å². The molecule has 1 aromatic heterocycles. The van der Waals surface area contributed by atoms with Crippen molar-refractivity contribution >= 4 is 22.5 Å². The number of ether oxygens (including phenoxy) is 1. The van der Waals surface area contributed by atoms with Crippen LogP contribution in [0.2, 0.25) is 0 Å². The quantitative estimate of drug-likeness (QED) is 0.455. The van der Waals surface area contributed by atoms with Gasteiger partial charge in [-0.1, -0.05) is 18.9 Å². The van der Waals surface area contributed by atoms with Gasteiger partial charge in [-0.25, -0.2) is 9.78 Å². The van der Waals surface area contributed by atoms with Gasteiger partial charge in [0.1, 0.15) is 5.75 Å². The number of carbonyl (C=O) groups excluding carboxylic acids is 1. The molecule has 0 spiro atoms. The van der Waals surface area contributed by atoms with Gasteiger partial charge in [-0.05, 0) is 81.5 Å². The number of benzene rings is 1. The van der Waals surface area contributed by atoms with E-state index in [0.717, 1.165) is 55.1 Å². The number of rotatable bonds is 8. The van der Waals surface area contributed by atoms with Crippen molar-refractivity contribution in [1.82, 2.24) is 19.7 Å². The lowest BCUT2D eigenvalue weighted by atomic mass is 9.95. The molecule has 4 aliphatic rings. The standard InChI is InChI=1S/C30H43N5O2S/c1-2-37-28-12-9-24(23-7-3-4-8-23)18-26(28)27-21-38-29(31-27)32-30(36)34-16-14-33(15-17-34)19-22-6-5-13-35(20-22)25-10-11-25/h9,12,18,21-23,25H,2-8,10-11,13-17,19-20H2,1H3,(H,31,32,36)/t22-/m0/s1. The largest absolute Gasteiger partial charge is 0.493 e. The third-order valence-corrected chi connectivity index (χ3v) is 9.67. The molecule has 8 heteroatoms. The van der Waals surface area contributed by atoms with Crippen molar-refractivity contribution in [1.29, 1.82) is 0 Å². The molecule has 1 aromatic carbocycles. The molecule has 2 aliphatic heterocycles. The Labute approximate surface area is 231 Å². The molecule has 3 heterocycles. The first-order valence-corrected chi connectivity index (χ1v) is 15.8. The lowest BCUT2D eigenvalue weighted by Gasteiger charge is -2.39. The molecule has 0 radical (unpaired) electrons. The number of nitrogens with one attached hydrogen (secondary N) is 1. The number of carbonyl (C=O) groups is 1. The zero-order valence-corrected chi connectivity index (χ0v) is 23.7. The fraction of sp³-hybridized carbons (Fsp3) is 0.667. The van der Waals surface area contributed by atoms with E-state index in [4.69, 9.17) is 9.72 Å². The van der Waals surface area contributed by atoms with Crippen LogP contribution < -0.4 is 10.1 Å². The highest BCUT2D eigenvalue weighted by Gasteiger charge is 2.33. The predicted octanol–water partition coefficient (Wildman–Crippen LogP) is 5.89. The molecule has 1 N–H and O–H groups in total. The van der Waals surface area contributed by atoms with Crippen LogP contribution in [0, 0.1) is 5.92 Å². The SMILES string of the molecule is CCOc1ccc(C2CCCC2)cc1-c1csc(NC(=O)N2CCN(C[C@@H]3CCCN(C4CC4)C3)CC2)n1. The molecule has 0 unspecified atom stereocenters.